The van der Waals surface area contributed by atoms with Crippen LogP contribution in [0.3, 0.4) is 0 Å². The second-order valence-electron chi connectivity index (χ2n) is 11.1. The summed E-state index contributed by atoms with van der Waals surface area (Å²) in [5.74, 6) is 2.69. The van der Waals surface area contributed by atoms with Crippen LogP contribution >= 0.6 is 11.8 Å². The maximum atomic E-state index is 10.2. The van der Waals surface area contributed by atoms with E-state index < -0.39 is 0 Å². The predicted octanol–water partition coefficient (Wildman–Crippen LogP) is 1.99. The van der Waals surface area contributed by atoms with Crippen LogP contribution < -0.4 is 20.3 Å². The monoisotopic (exact) mass is 574 g/mol. The van der Waals surface area contributed by atoms with Crippen molar-refractivity contribution in [3.63, 3.8) is 0 Å². The first kappa shape index (κ1) is 27.9. The fraction of sp³-hybridized carbons (Fsp3) is 0.667. The lowest BCUT2D eigenvalue weighted by Crippen LogP contribution is -2.51. The molecule has 3 fully saturated rings. The number of ether oxygens (including phenoxy) is 3. The zero-order valence-corrected chi connectivity index (χ0v) is 23.8. The zero-order chi connectivity index (χ0) is 27.7. The van der Waals surface area contributed by atoms with Gasteiger partial charge in [0.15, 0.2) is 24.2 Å². The van der Waals surface area contributed by atoms with Gasteiger partial charge in [0, 0.05) is 43.2 Å². The number of nitrogens with two attached hydrogens (primary N) is 1. The summed E-state index contributed by atoms with van der Waals surface area (Å²) in [7, 11) is 1.46. The molecule has 3 N–H and O–H groups in total. The number of aliphatic hydroxyl groups is 1. The smallest absolute Gasteiger partial charge is 0.180 e. The Labute approximate surface area is 238 Å². The minimum absolute atomic E-state index is 0.0266. The molecule has 4 aliphatic rings. The van der Waals surface area contributed by atoms with E-state index in [4.69, 9.17) is 34.8 Å². The van der Waals surface area contributed by atoms with Crippen molar-refractivity contribution in [2.24, 2.45) is 17.1 Å². The Bertz CT molecular complexity index is 1180. The first-order valence-electron chi connectivity index (χ1n) is 13.9. The van der Waals surface area contributed by atoms with E-state index in [2.05, 4.69) is 26.6 Å². The molecule has 0 aromatic carbocycles. The third-order valence-electron chi connectivity index (χ3n) is 8.72. The van der Waals surface area contributed by atoms with Gasteiger partial charge in [0.05, 0.1) is 50.2 Å². The van der Waals surface area contributed by atoms with E-state index in [0.29, 0.717) is 36.5 Å². The SMILES string of the molecule is COOCOC[C@H]1C[C@H]2COc3c(Sc4cnc(N5CCC6(CC5)CO[C@@H](C)[C@H]6N)c(CO)n4)ccnc3N2C1. The molecule has 3 saturated heterocycles. The fourth-order valence-electron chi connectivity index (χ4n) is 6.44. The van der Waals surface area contributed by atoms with Gasteiger partial charge in [-0.3, -0.25) is 0 Å². The molecular weight excluding hydrogens is 536 g/mol. The number of anilines is 2. The number of nitrogens with zero attached hydrogens (tertiary/aromatic N) is 5. The summed E-state index contributed by atoms with van der Waals surface area (Å²) in [5.41, 5.74) is 7.09. The molecule has 13 heteroatoms. The molecule has 40 heavy (non-hydrogen) atoms. The molecule has 12 nitrogen and oxygen atoms in total. The first-order chi connectivity index (χ1) is 19.5. The Hall–Kier alpha value is -2.26. The van der Waals surface area contributed by atoms with Gasteiger partial charge >= 0.3 is 0 Å². The van der Waals surface area contributed by atoms with E-state index in [1.165, 1.54) is 18.9 Å². The van der Waals surface area contributed by atoms with Gasteiger partial charge in [-0.25, -0.2) is 24.7 Å². The molecule has 6 heterocycles. The van der Waals surface area contributed by atoms with Crippen LogP contribution in [-0.4, -0.2) is 91.6 Å². The maximum Gasteiger partial charge on any atom is 0.180 e. The third kappa shape index (κ3) is 5.36. The van der Waals surface area contributed by atoms with E-state index in [0.717, 1.165) is 61.2 Å². The van der Waals surface area contributed by atoms with Crippen LogP contribution in [0.25, 0.3) is 0 Å². The minimum Gasteiger partial charge on any atom is -0.486 e. The van der Waals surface area contributed by atoms with Crippen LogP contribution in [0, 0.1) is 11.3 Å². The van der Waals surface area contributed by atoms with Crippen molar-refractivity contribution in [2.75, 3.05) is 63.2 Å². The number of rotatable bonds is 9. The molecule has 0 unspecified atom stereocenters. The van der Waals surface area contributed by atoms with Gasteiger partial charge in [0.25, 0.3) is 0 Å². The van der Waals surface area contributed by atoms with Crippen molar-refractivity contribution >= 4 is 23.4 Å². The summed E-state index contributed by atoms with van der Waals surface area (Å²) < 4.78 is 17.7. The fourth-order valence-corrected chi connectivity index (χ4v) is 7.30. The minimum atomic E-state index is -0.183. The van der Waals surface area contributed by atoms with Crippen molar-refractivity contribution in [1.82, 2.24) is 15.0 Å². The van der Waals surface area contributed by atoms with Crippen molar-refractivity contribution in [3.05, 3.63) is 24.2 Å². The summed E-state index contributed by atoms with van der Waals surface area (Å²) in [4.78, 5) is 29.0. The van der Waals surface area contributed by atoms with Gasteiger partial charge in [-0.15, -0.1) is 0 Å². The van der Waals surface area contributed by atoms with E-state index in [9.17, 15) is 5.11 Å². The van der Waals surface area contributed by atoms with Crippen LogP contribution in [0.1, 0.15) is 31.9 Å². The van der Waals surface area contributed by atoms with Crippen molar-refractivity contribution in [2.45, 2.75) is 60.9 Å². The first-order valence-corrected chi connectivity index (χ1v) is 14.7. The molecule has 0 amide bonds. The molecule has 2 aromatic heterocycles. The van der Waals surface area contributed by atoms with Gasteiger partial charge in [0.2, 0.25) is 0 Å². The standard InChI is InChI=1S/C27H38N6O6S/c1-17-24(28)27(15-38-17)4-7-32(8-5-27)25-20(12-34)31-22(10-30-25)40-21-3-6-29-26-23(21)37-14-19-9-18(11-33(19)26)13-36-16-39-35-2/h3,6,10,17-19,24,34H,4-5,7-9,11-16,28H2,1-2H3/t17-,18-,19-,24+/m0/s1. The number of aromatic nitrogens is 3. The van der Waals surface area contributed by atoms with Crippen molar-refractivity contribution in [3.8, 4) is 5.75 Å². The molecule has 0 bridgehead atoms. The van der Waals surface area contributed by atoms with Gasteiger partial charge in [0.1, 0.15) is 17.3 Å². The van der Waals surface area contributed by atoms with Crippen LogP contribution in [0.15, 0.2) is 28.4 Å². The summed E-state index contributed by atoms with van der Waals surface area (Å²) in [6, 6.07) is 2.25. The molecule has 6 rings (SSSR count). The highest BCUT2D eigenvalue weighted by Gasteiger charge is 2.48. The second-order valence-corrected chi connectivity index (χ2v) is 12.1. The van der Waals surface area contributed by atoms with Crippen LogP contribution in [0.5, 0.6) is 5.75 Å². The largest absolute Gasteiger partial charge is 0.486 e. The Morgan fingerprint density at radius 1 is 1.25 bits per heavy atom. The van der Waals surface area contributed by atoms with Crippen LogP contribution in [0.4, 0.5) is 11.6 Å². The Morgan fingerprint density at radius 3 is 2.85 bits per heavy atom. The molecule has 2 aromatic rings. The summed E-state index contributed by atoms with van der Waals surface area (Å²) in [6.07, 6.45) is 6.51. The Balaban J connectivity index is 1.13. The lowest BCUT2D eigenvalue weighted by molar-refractivity contribution is -0.319. The van der Waals surface area contributed by atoms with Gasteiger partial charge < -0.3 is 34.9 Å². The Kier molecular flexibility index (Phi) is 8.31. The van der Waals surface area contributed by atoms with Crippen LogP contribution in [0.2, 0.25) is 0 Å². The zero-order valence-electron chi connectivity index (χ0n) is 23.0. The van der Waals surface area contributed by atoms with E-state index >= 15 is 0 Å². The number of hydrogen-bond donors (Lipinski definition) is 2. The molecule has 4 atom stereocenters. The topological polar surface area (TPSA) is 138 Å². The number of aliphatic hydroxyl groups excluding tert-OH is 1. The van der Waals surface area contributed by atoms with E-state index in [1.54, 1.807) is 12.4 Å². The molecule has 0 radical (unpaired) electrons. The Morgan fingerprint density at radius 2 is 2.10 bits per heavy atom. The van der Waals surface area contributed by atoms with E-state index in [-0.39, 0.29) is 37.0 Å². The molecular formula is C27H38N6O6S. The average Bonchev–Trinajstić information content (AvgIpc) is 3.53. The van der Waals surface area contributed by atoms with Crippen molar-refractivity contribution in [1.29, 1.82) is 0 Å². The molecule has 1 spiro atoms. The molecule has 4 aliphatic heterocycles. The van der Waals surface area contributed by atoms with Gasteiger partial charge in [-0.2, -0.15) is 0 Å². The summed E-state index contributed by atoms with van der Waals surface area (Å²) in [5, 5.41) is 10.9. The predicted molar refractivity (Wildman–Crippen MR) is 147 cm³/mol. The summed E-state index contributed by atoms with van der Waals surface area (Å²) in [6.45, 7) is 6.34. The van der Waals surface area contributed by atoms with Crippen molar-refractivity contribution < 1.29 is 29.1 Å². The van der Waals surface area contributed by atoms with Gasteiger partial charge in [-0.1, -0.05) is 11.8 Å². The highest BCUT2D eigenvalue weighted by molar-refractivity contribution is 7.99. The third-order valence-corrected chi connectivity index (χ3v) is 9.66. The molecule has 218 valence electrons. The number of pyridine rings is 1. The molecule has 0 aliphatic carbocycles. The number of fused-ring (bicyclic) bond motifs is 3. The quantitative estimate of drug-likeness (QED) is 0.196. The highest BCUT2D eigenvalue weighted by atomic mass is 32.2. The number of piperidine rings is 1. The summed E-state index contributed by atoms with van der Waals surface area (Å²) >= 11 is 1.47. The highest BCUT2D eigenvalue weighted by Crippen LogP contribution is 2.45. The van der Waals surface area contributed by atoms with E-state index in [1.807, 2.05) is 6.07 Å². The normalized spacial score (nSPS) is 27.1. The molecule has 0 saturated carbocycles. The van der Waals surface area contributed by atoms with Crippen LogP contribution in [-0.2, 0) is 25.9 Å². The number of hydrogen-bond acceptors (Lipinski definition) is 13. The maximum absolute atomic E-state index is 10.2. The van der Waals surface area contributed by atoms with Gasteiger partial charge in [-0.05, 0) is 32.3 Å². The lowest BCUT2D eigenvalue weighted by atomic mass is 9.73. The lowest BCUT2D eigenvalue weighted by Gasteiger charge is -2.41. The average molecular weight is 575 g/mol. The second kappa shape index (κ2) is 11.9.